The van der Waals surface area contributed by atoms with E-state index in [1.165, 1.54) is 64.8 Å². The number of anilines is 7. The van der Waals surface area contributed by atoms with E-state index in [9.17, 15) is 67.1 Å². The van der Waals surface area contributed by atoms with Crippen molar-refractivity contribution in [2.75, 3.05) is 21.7 Å². The Morgan fingerprint density at radius 3 is 0.959 bits per heavy atom. The Labute approximate surface area is 881 Å². The number of nitrogens with zero attached hydrogens (tertiary/aromatic N) is 15. The van der Waals surface area contributed by atoms with Gasteiger partial charge in [-0.1, -0.05) is 58.0 Å². The van der Waals surface area contributed by atoms with E-state index in [1.54, 1.807) is 72.9 Å². The van der Waals surface area contributed by atoms with E-state index >= 15 is 0 Å². The molecule has 147 heavy (non-hydrogen) atoms. The number of piperidine rings is 5. The molecule has 0 aliphatic carbocycles. The third kappa shape index (κ3) is 22.0. The van der Waals surface area contributed by atoms with Crippen molar-refractivity contribution in [3.8, 4) is 0 Å². The average Bonchev–Trinajstić information content (AvgIpc) is 1.57. The number of ketones is 1. The molecule has 14 N–H and O–H groups in total. The predicted molar refractivity (Wildman–Crippen MR) is 549 cm³/mol. The van der Waals surface area contributed by atoms with E-state index in [-0.39, 0.29) is 164 Å². The Kier molecular flexibility index (Phi) is 29.9. The number of hydrogen-bond donors (Lipinski definition) is 12. The number of carbonyl (C=O) groups excluding carboxylic acids is 9. The molecule has 23 rings (SSSR count). The van der Waals surface area contributed by atoms with E-state index in [1.807, 2.05) is 62.3 Å². The van der Waals surface area contributed by atoms with Gasteiger partial charge in [0.05, 0.1) is 34.1 Å². The van der Waals surface area contributed by atoms with Gasteiger partial charge in [0.15, 0.2) is 0 Å². The van der Waals surface area contributed by atoms with Gasteiger partial charge >= 0.3 is 18.3 Å². The van der Waals surface area contributed by atoms with Gasteiger partial charge in [-0.3, -0.25) is 71.0 Å². The number of amides is 8. The molecule has 10 bridgehead atoms. The monoisotopic (exact) mass is 2240 g/mol. The number of aromatic nitrogens is 13. The first kappa shape index (κ1) is 106. The second kappa shape index (κ2) is 41.5. The van der Waals surface area contributed by atoms with Crippen molar-refractivity contribution in [2.45, 2.75) is 291 Å². The minimum atomic E-state index is -0.957. The molecule has 8 amide bonds. The Morgan fingerprint density at radius 1 is 0.388 bits per heavy atom. The number of hydrogen-bond acceptors (Lipinski definition) is 31. The van der Waals surface area contributed by atoms with Gasteiger partial charge in [0, 0.05) is 149 Å². The quantitative estimate of drug-likeness (QED) is 0.0659. The van der Waals surface area contributed by atoms with Gasteiger partial charge in [-0.05, 0) is 213 Å². The van der Waals surface area contributed by atoms with Gasteiger partial charge in [-0.15, -0.1) is 0 Å². The summed E-state index contributed by atoms with van der Waals surface area (Å²) in [6.45, 7) is 16.6. The number of H-pyrrole nitrogens is 1. The zero-order chi connectivity index (χ0) is 105. The van der Waals surface area contributed by atoms with Gasteiger partial charge in [0.2, 0.25) is 0 Å². The molecule has 23 heterocycles. The summed E-state index contributed by atoms with van der Waals surface area (Å²) < 4.78 is 23.2. The van der Waals surface area contributed by atoms with Gasteiger partial charge in [-0.25, -0.2) is 54.3 Å². The highest BCUT2D eigenvalue weighted by molar-refractivity contribution is 9.10. The number of Topliss-reactive ketones (excluding diaryl/α,β-unsaturated/α-hetero) is 1. The highest BCUT2D eigenvalue weighted by Crippen LogP contribution is 2.51. The molecule has 14 aliphatic heterocycles. The van der Waals surface area contributed by atoms with E-state index in [0.29, 0.717) is 127 Å². The van der Waals surface area contributed by atoms with Crippen LogP contribution in [-0.4, -0.2) is 209 Å². The van der Waals surface area contributed by atoms with Crippen LogP contribution in [0.15, 0.2) is 138 Å². The van der Waals surface area contributed by atoms with Crippen LogP contribution in [0.2, 0.25) is 25.1 Å². The minimum absolute atomic E-state index is 0.0788. The first-order chi connectivity index (χ1) is 69.5. The number of rotatable bonds is 7. The third-order valence-corrected chi connectivity index (χ3v) is 30.4. The maximum atomic E-state index is 13.6. The fourth-order valence-electron chi connectivity index (χ4n) is 22.5. The number of fused-ring (bicyclic) bond motifs is 18. The topological polar surface area (TPSA) is 575 Å². The van der Waals surface area contributed by atoms with Crippen LogP contribution in [0.4, 0.5) is 54.7 Å². The second-order valence-corrected chi connectivity index (χ2v) is 45.2. The number of carbonyl (C=O) groups is 9. The number of nitrogen functional groups attached to an aromatic ring is 1. The van der Waals surface area contributed by atoms with E-state index < -0.39 is 56.8 Å². The van der Waals surface area contributed by atoms with Crippen LogP contribution in [0.25, 0.3) is 0 Å². The molecule has 9 aromatic heterocycles. The van der Waals surface area contributed by atoms with Crippen LogP contribution in [-0.2, 0) is 41.7 Å². The van der Waals surface area contributed by atoms with Crippen LogP contribution in [0.5, 0.6) is 0 Å². The molecule has 778 valence electrons. The Hall–Kier alpha value is -12.6. The van der Waals surface area contributed by atoms with Crippen LogP contribution in [0.3, 0.4) is 0 Å². The van der Waals surface area contributed by atoms with Gasteiger partial charge in [-0.2, -0.15) is 0 Å². The lowest BCUT2D eigenvalue weighted by Gasteiger charge is -2.45. The summed E-state index contributed by atoms with van der Waals surface area (Å²) in [7, 11) is 0. The molecule has 0 radical (unpaired) electrons. The fourth-order valence-corrected chi connectivity index (χ4v) is 24.8. The summed E-state index contributed by atoms with van der Waals surface area (Å²) in [5.41, 5.74) is 5.11. The van der Waals surface area contributed by atoms with Crippen LogP contribution < -0.4 is 87.1 Å². The van der Waals surface area contributed by atoms with Crippen molar-refractivity contribution >= 4 is 184 Å². The van der Waals surface area contributed by atoms with Crippen molar-refractivity contribution in [2.24, 2.45) is 5.73 Å². The zero-order valence-corrected chi connectivity index (χ0v) is 88.1. The summed E-state index contributed by atoms with van der Waals surface area (Å²) in [5, 5.41) is 29.2. The Bertz CT molecular complexity index is 6830. The van der Waals surface area contributed by atoms with Gasteiger partial charge in [0.1, 0.15) is 139 Å². The largest absolute Gasteiger partial charge is 0.444 e. The zero-order valence-electron chi connectivity index (χ0n) is 81.2. The second-order valence-electron chi connectivity index (χ2n) is 41.5. The van der Waals surface area contributed by atoms with Crippen molar-refractivity contribution in [1.29, 1.82) is 0 Å². The number of primary amides is 1. The number of nitrogens with two attached hydrogens (primary N) is 2. The molecule has 4 spiro atoms. The highest BCUT2D eigenvalue weighted by atomic mass is 79.9. The Morgan fingerprint density at radius 2 is 0.673 bits per heavy atom. The molecule has 10 atom stereocenters. The van der Waals surface area contributed by atoms with Gasteiger partial charge < -0.3 is 93.2 Å². The minimum Gasteiger partial charge on any atom is -0.444 e. The molecule has 14 aliphatic rings. The van der Waals surface area contributed by atoms with E-state index in [2.05, 4.69) is 125 Å². The number of nitrogens with one attached hydrogen (secondary N) is 10. The van der Waals surface area contributed by atoms with E-state index in [0.717, 1.165) is 64.2 Å². The summed E-state index contributed by atoms with van der Waals surface area (Å²) in [4.78, 5) is 213. The van der Waals surface area contributed by atoms with Crippen LogP contribution in [0.1, 0.15) is 243 Å². The molecule has 51 heteroatoms. The molecule has 9 aromatic rings. The number of ether oxygens (including phenoxy) is 3. The maximum Gasteiger partial charge on any atom is 0.410 e. The molecule has 0 saturated carbocycles. The normalized spacial score (nSPS) is 25.7. The third-order valence-electron chi connectivity index (χ3n) is 27.8. The first-order valence-electron chi connectivity index (χ1n) is 47.9. The lowest BCUT2D eigenvalue weighted by atomic mass is 9.90. The Balaban J connectivity index is 0.000000121. The number of halogens is 7. The molecule has 44 nitrogen and oxygen atoms in total. The number of pyridine rings is 5. The molecular formula is C96H108Br2Cl5N27O17. The lowest BCUT2D eigenvalue weighted by Crippen LogP contribution is -2.60. The summed E-state index contributed by atoms with van der Waals surface area (Å²) in [6, 6.07) is 14.6. The molecule has 0 aromatic carbocycles. The SMILES string of the molecule is CC(C)(C)OC(=O)N1C2CCC1CC(=O)C2.CC(C)(C)OC(=O)N1C2CCC1CC1(C2)NC(=O)c2c(Cl)cc(Br)c(=O)n21.CC(C)(C)OC(=O)N1C2CCC1CC1(C2)NC(=O)c2c(Cl)cc(Nc3ccncn3)c(=O)n21.NC(=O)c1[nH]c(=O)c(Br)cc1Cl.Nc1ccncn1.O=C1NC2(CC3CCC(C2)N3)n2c1c(Cl)cc(Nc1ccncn1)c2=O.O=C1NC2(CC3CCC(C2)N3)n2c1c(Cl)cc(Nc1ccncn1)c2=O. The molecule has 10 unspecified atom stereocenters. The van der Waals surface area contributed by atoms with Crippen molar-refractivity contribution in [3.63, 3.8) is 0 Å². The molecule has 10 saturated heterocycles. The van der Waals surface area contributed by atoms with Gasteiger partial charge in [0.25, 0.3) is 57.3 Å². The molecular weight excluding hydrogens is 2140 g/mol. The van der Waals surface area contributed by atoms with Crippen LogP contribution in [0, 0.1) is 0 Å². The van der Waals surface area contributed by atoms with Crippen molar-refractivity contribution < 1.29 is 57.4 Å². The number of aromatic amines is 1. The summed E-state index contributed by atoms with van der Waals surface area (Å²) >= 11 is 37.3. The summed E-state index contributed by atoms with van der Waals surface area (Å²) in [6.07, 6.45) is 25.6. The average molecular weight is 2250 g/mol. The van der Waals surface area contributed by atoms with Crippen molar-refractivity contribution in [1.82, 2.24) is 110 Å². The van der Waals surface area contributed by atoms with Crippen molar-refractivity contribution in [3.05, 3.63) is 219 Å². The first-order valence-corrected chi connectivity index (χ1v) is 51.3. The lowest BCUT2D eigenvalue weighted by molar-refractivity contribution is -0.123. The van der Waals surface area contributed by atoms with Crippen LogP contribution >= 0.6 is 89.9 Å². The highest BCUT2D eigenvalue weighted by Gasteiger charge is 2.61. The standard InChI is InChI=1S/C22H25ClN6O4.C18H21BrClN3O4.2C17H17ClN6O2.C12H19NO3.C6H4BrClN2O2.C4H5N3/c1-21(2,3)33-20(32)28-12-4-5-13(28)10-22(9-12)27-18(30)17-14(23)8-15(19(31)29(17)22)26-16-6-7-24-11-25-16;1-17(2,3)27-16(26)22-9-4-5-10(22)8-18(7-9)21-14(24)13-12(20)6-11(19)15(25)23(13)18;2*18-11-5-12(22-13-3-4-19-8-20-13)16(26)24-14(11)15(25)23-17(24)6-9-1-2-10(7-17)21-9;1-12(2,3)16-11(15)13-8-4-5-9(13)7-10(14)6-8;7-2-1-3(8)4(5(9)11)10-6(2)12;5-4-1-2-6-3-7-4/h6-8,11-13H,4-5,9-10H2,1-3H3,(H,27,30)(H,24,25,26);6,9-10H,4-5,7-8H2,1-3H3,(H,21,24);2*3-5,8-10,21H,1-2,6-7H2,(H,23,25)(H,19,20,22);8-9H,4-7H2,1-3H3;1H,(H2,9,11)(H,10,12);1-3H,(H2,5,6,7). The smallest absolute Gasteiger partial charge is 0.410 e. The predicted octanol–water partition coefficient (Wildman–Crippen LogP) is 12.0. The van der Waals surface area contributed by atoms with E-state index in [4.69, 9.17) is 83.7 Å². The fraction of sp³-hybridized carbons (Fsp3) is 0.479. The summed E-state index contributed by atoms with van der Waals surface area (Å²) in [5.74, 6) is 0.127. The maximum absolute atomic E-state index is 13.6. The molecule has 10 fully saturated rings.